The summed E-state index contributed by atoms with van der Waals surface area (Å²) in [4.78, 5) is 11.2. The molecule has 118 valence electrons. The molecule has 1 aliphatic heterocycles. The monoisotopic (exact) mass is 301 g/mol. The maximum atomic E-state index is 5.84. The van der Waals surface area contributed by atoms with Crippen molar-refractivity contribution >= 4 is 0 Å². The van der Waals surface area contributed by atoms with Crippen molar-refractivity contribution in [3.05, 3.63) is 41.2 Å². The Labute approximate surface area is 131 Å². The fourth-order valence-corrected chi connectivity index (χ4v) is 2.82. The van der Waals surface area contributed by atoms with E-state index >= 15 is 0 Å². The van der Waals surface area contributed by atoms with Crippen LogP contribution in [0.5, 0.6) is 5.88 Å². The minimum atomic E-state index is 0.129. The van der Waals surface area contributed by atoms with Gasteiger partial charge in [-0.05, 0) is 39.3 Å². The number of rotatable bonds is 4. The molecular weight excluding hydrogens is 278 g/mol. The summed E-state index contributed by atoms with van der Waals surface area (Å²) >= 11 is 0. The van der Waals surface area contributed by atoms with Crippen LogP contribution in [0.15, 0.2) is 22.9 Å². The van der Waals surface area contributed by atoms with Gasteiger partial charge in [-0.25, -0.2) is 9.97 Å². The van der Waals surface area contributed by atoms with Gasteiger partial charge in [-0.3, -0.25) is 4.90 Å². The molecular formula is C17H23N3O2. The first-order chi connectivity index (χ1) is 10.6. The summed E-state index contributed by atoms with van der Waals surface area (Å²) in [5, 5.41) is 0. The lowest BCUT2D eigenvalue weighted by atomic mass is 10.1. The molecule has 3 rings (SSSR count). The summed E-state index contributed by atoms with van der Waals surface area (Å²) in [6, 6.07) is 4.07. The minimum absolute atomic E-state index is 0.129. The quantitative estimate of drug-likeness (QED) is 0.869. The Morgan fingerprint density at radius 2 is 2.05 bits per heavy atom. The fourth-order valence-electron chi connectivity index (χ4n) is 2.82. The molecule has 0 saturated carbocycles. The molecule has 22 heavy (non-hydrogen) atoms. The van der Waals surface area contributed by atoms with Crippen LogP contribution < -0.4 is 4.74 Å². The highest BCUT2D eigenvalue weighted by molar-refractivity contribution is 5.31. The van der Waals surface area contributed by atoms with Crippen LogP contribution in [0.25, 0.3) is 0 Å². The second-order valence-corrected chi connectivity index (χ2v) is 6.06. The summed E-state index contributed by atoms with van der Waals surface area (Å²) in [5.74, 6) is 2.73. The normalized spacial score (nSPS) is 15.6. The average molecular weight is 301 g/mol. The first-order valence-electron chi connectivity index (χ1n) is 7.89. The first-order valence-corrected chi connectivity index (χ1v) is 7.89. The van der Waals surface area contributed by atoms with Gasteiger partial charge in [0.25, 0.3) is 0 Å². The van der Waals surface area contributed by atoms with Crippen molar-refractivity contribution in [1.29, 1.82) is 0 Å². The summed E-state index contributed by atoms with van der Waals surface area (Å²) in [6.07, 6.45) is 3.58. The summed E-state index contributed by atoms with van der Waals surface area (Å²) in [5.41, 5.74) is 2.28. The van der Waals surface area contributed by atoms with Crippen LogP contribution in [0.4, 0.5) is 0 Å². The van der Waals surface area contributed by atoms with Crippen molar-refractivity contribution in [1.82, 2.24) is 14.9 Å². The van der Waals surface area contributed by atoms with Gasteiger partial charge in [0.1, 0.15) is 17.8 Å². The number of nitrogens with zero attached hydrogens (tertiary/aromatic N) is 3. The number of ether oxygens (including phenoxy) is 1. The molecule has 0 aromatic carbocycles. The van der Waals surface area contributed by atoms with Crippen molar-refractivity contribution < 1.29 is 9.15 Å². The molecule has 1 aliphatic rings. The number of fused-ring (bicyclic) bond motifs is 1. The van der Waals surface area contributed by atoms with Crippen LogP contribution in [0.2, 0.25) is 0 Å². The fraction of sp³-hybridized carbons (Fsp3) is 0.529. The van der Waals surface area contributed by atoms with Crippen LogP contribution in [0.1, 0.15) is 36.6 Å². The van der Waals surface area contributed by atoms with Gasteiger partial charge in [0.15, 0.2) is 0 Å². The zero-order chi connectivity index (χ0) is 15.5. The van der Waals surface area contributed by atoms with Crippen molar-refractivity contribution in [2.45, 2.75) is 46.3 Å². The lowest BCUT2D eigenvalue weighted by Gasteiger charge is -2.18. The van der Waals surface area contributed by atoms with Crippen molar-refractivity contribution in [2.24, 2.45) is 0 Å². The zero-order valence-corrected chi connectivity index (χ0v) is 13.5. The van der Waals surface area contributed by atoms with Crippen molar-refractivity contribution in [3.8, 4) is 5.88 Å². The second-order valence-electron chi connectivity index (χ2n) is 6.06. The van der Waals surface area contributed by atoms with E-state index < -0.39 is 0 Å². The number of hydrogen-bond donors (Lipinski definition) is 0. The van der Waals surface area contributed by atoms with Crippen molar-refractivity contribution in [2.75, 3.05) is 13.1 Å². The highest BCUT2D eigenvalue weighted by Crippen LogP contribution is 2.23. The van der Waals surface area contributed by atoms with Gasteiger partial charge < -0.3 is 9.15 Å². The van der Waals surface area contributed by atoms with E-state index in [1.807, 2.05) is 26.8 Å². The molecule has 0 atom stereocenters. The summed E-state index contributed by atoms with van der Waals surface area (Å²) in [7, 11) is 0. The van der Waals surface area contributed by atoms with E-state index in [0.717, 1.165) is 61.1 Å². The molecule has 3 heterocycles. The van der Waals surface area contributed by atoms with Gasteiger partial charge in [0.2, 0.25) is 5.88 Å². The standard InChI is InChI=1S/C17H23N3O2/c1-12(2)21-17-15-6-8-20(9-7-16(15)18-11-19-17)10-14-5-4-13(3)22-14/h4-5,11-12H,6-10H2,1-3H3. The second kappa shape index (κ2) is 6.48. The van der Waals surface area contributed by atoms with E-state index in [0.29, 0.717) is 0 Å². The predicted octanol–water partition coefficient (Wildman–Crippen LogP) is 2.77. The maximum absolute atomic E-state index is 5.84. The number of furan rings is 1. The van der Waals surface area contributed by atoms with Crippen LogP contribution >= 0.6 is 0 Å². The van der Waals surface area contributed by atoms with Crippen LogP contribution in [-0.2, 0) is 19.4 Å². The lowest BCUT2D eigenvalue weighted by molar-refractivity contribution is 0.227. The SMILES string of the molecule is Cc1ccc(CN2CCc3ncnc(OC(C)C)c3CC2)o1. The van der Waals surface area contributed by atoms with Crippen LogP contribution in [-0.4, -0.2) is 34.1 Å². The highest BCUT2D eigenvalue weighted by atomic mass is 16.5. The van der Waals surface area contributed by atoms with Gasteiger partial charge in [-0.1, -0.05) is 0 Å². The highest BCUT2D eigenvalue weighted by Gasteiger charge is 2.20. The Morgan fingerprint density at radius 1 is 1.23 bits per heavy atom. The van der Waals surface area contributed by atoms with E-state index in [9.17, 15) is 0 Å². The summed E-state index contributed by atoms with van der Waals surface area (Å²) in [6.45, 7) is 8.81. The number of aryl methyl sites for hydroxylation is 1. The molecule has 0 radical (unpaired) electrons. The topological polar surface area (TPSA) is 51.4 Å². The van der Waals surface area contributed by atoms with E-state index in [4.69, 9.17) is 9.15 Å². The Hall–Kier alpha value is -1.88. The van der Waals surface area contributed by atoms with Gasteiger partial charge in [0, 0.05) is 25.1 Å². The molecule has 5 nitrogen and oxygen atoms in total. The van der Waals surface area contributed by atoms with E-state index in [1.165, 1.54) is 0 Å². The maximum Gasteiger partial charge on any atom is 0.220 e. The van der Waals surface area contributed by atoms with Gasteiger partial charge >= 0.3 is 0 Å². The Bertz CT molecular complexity index is 637. The van der Waals surface area contributed by atoms with Crippen molar-refractivity contribution in [3.63, 3.8) is 0 Å². The molecule has 2 aromatic heterocycles. The molecule has 2 aromatic rings. The number of hydrogen-bond acceptors (Lipinski definition) is 5. The molecule has 0 spiro atoms. The molecule has 0 unspecified atom stereocenters. The van der Waals surface area contributed by atoms with E-state index in [2.05, 4.69) is 20.9 Å². The molecule has 0 N–H and O–H groups in total. The van der Waals surface area contributed by atoms with Gasteiger partial charge in [0.05, 0.1) is 18.3 Å². The molecule has 5 heteroatoms. The molecule has 0 saturated heterocycles. The lowest BCUT2D eigenvalue weighted by Crippen LogP contribution is -2.25. The third-order valence-corrected chi connectivity index (χ3v) is 3.86. The van der Waals surface area contributed by atoms with E-state index in [1.54, 1.807) is 6.33 Å². The third kappa shape index (κ3) is 3.47. The molecule has 0 bridgehead atoms. The minimum Gasteiger partial charge on any atom is -0.475 e. The third-order valence-electron chi connectivity index (χ3n) is 3.86. The van der Waals surface area contributed by atoms with E-state index in [-0.39, 0.29) is 6.10 Å². The van der Waals surface area contributed by atoms with Gasteiger partial charge in [-0.2, -0.15) is 0 Å². The average Bonchev–Trinajstić information content (AvgIpc) is 2.76. The Balaban J connectivity index is 1.72. The smallest absolute Gasteiger partial charge is 0.220 e. The number of aromatic nitrogens is 2. The van der Waals surface area contributed by atoms with Gasteiger partial charge in [-0.15, -0.1) is 0 Å². The van der Waals surface area contributed by atoms with Crippen LogP contribution in [0.3, 0.4) is 0 Å². The molecule has 0 fully saturated rings. The largest absolute Gasteiger partial charge is 0.475 e. The Morgan fingerprint density at radius 3 is 2.77 bits per heavy atom. The Kier molecular flexibility index (Phi) is 4.43. The molecule has 0 amide bonds. The zero-order valence-electron chi connectivity index (χ0n) is 13.5. The first kappa shape index (κ1) is 15.0. The predicted molar refractivity (Wildman–Crippen MR) is 83.9 cm³/mol. The summed E-state index contributed by atoms with van der Waals surface area (Å²) < 4.78 is 11.5. The molecule has 0 aliphatic carbocycles. The van der Waals surface area contributed by atoms with Crippen LogP contribution in [0, 0.1) is 6.92 Å².